The summed E-state index contributed by atoms with van der Waals surface area (Å²) in [4.78, 5) is 186. The van der Waals surface area contributed by atoms with Crippen LogP contribution in [0.5, 0.6) is 0 Å². The van der Waals surface area contributed by atoms with Crippen LogP contribution in [0.15, 0.2) is 42.5 Å². The van der Waals surface area contributed by atoms with Crippen LogP contribution < -0.4 is 16.0 Å². The molecule has 0 saturated carbocycles. The molecule has 24 nitrogen and oxygen atoms in total. The number of rotatable bonds is 12. The minimum absolute atomic E-state index is 0.00673. The molecule has 0 radical (unpaired) electrons. The fraction of sp³-hybridized carbons (Fsp3) is 0.642. The molecule has 2 aromatic carbocycles. The Bertz CT molecular complexity index is 3150. The van der Waals surface area contributed by atoms with Gasteiger partial charge in [-0.25, -0.2) is 0 Å². The lowest BCUT2D eigenvalue weighted by atomic mass is 9.94. The Labute approximate surface area is 561 Å². The highest BCUT2D eigenvalue weighted by Crippen LogP contribution is 2.36. The van der Waals surface area contributed by atoms with Gasteiger partial charge in [-0.2, -0.15) is 13.2 Å². The van der Waals surface area contributed by atoms with Crippen molar-refractivity contribution in [3.05, 3.63) is 69.7 Å². The third kappa shape index (κ3) is 19.2. The van der Waals surface area contributed by atoms with E-state index in [9.17, 15) is 70.7 Å². The Morgan fingerprint density at radius 1 is 0.663 bits per heavy atom. The topological polar surface area (TPSA) is 270 Å². The van der Waals surface area contributed by atoms with Crippen LogP contribution >= 0.6 is 11.6 Å². The molecular formula is C67H98ClF3N12O12. The number of alkyl halides is 3. The highest BCUT2D eigenvalue weighted by Gasteiger charge is 2.47. The molecule has 28 heteroatoms. The Morgan fingerprint density at radius 3 is 1.83 bits per heavy atom. The van der Waals surface area contributed by atoms with E-state index in [-0.39, 0.29) is 63.1 Å². The molecule has 0 spiro atoms. The summed E-state index contributed by atoms with van der Waals surface area (Å²) in [5.74, 6) is -9.75. The number of carbonyl (C=O) groups excluding carboxylic acids is 12. The first-order valence-electron chi connectivity index (χ1n) is 32.5. The Morgan fingerprint density at radius 2 is 1.27 bits per heavy atom. The maximum Gasteiger partial charge on any atom is 0.417 e. The molecule has 0 unspecified atom stereocenters. The molecule has 5 rings (SSSR count). The first kappa shape index (κ1) is 77.9. The molecule has 3 fully saturated rings. The smallest absolute Gasteiger partial charge is 0.347 e. The summed E-state index contributed by atoms with van der Waals surface area (Å²) in [5, 5.41) is 7.57. The van der Waals surface area contributed by atoms with Crippen molar-refractivity contribution in [1.82, 2.24) is 60.0 Å². The Hall–Kier alpha value is -7.84. The number of hydrogen-bond acceptors (Lipinski definition) is 12. The van der Waals surface area contributed by atoms with Crippen LogP contribution in [0.1, 0.15) is 122 Å². The SMILES string of the molecule is CC[C@H](C)[C@@H]1NC(=O)[C@H](CC(C)C)N(C)C(=O)C[C@@H](C(=O)N(C)C)N(C)C(=O)[C@H]([C@@H](C)CC)N(C)C(=O)CNC(=O)[C@@H]2CCCN2C(=O)[C@H](CCc2ccc(C(F)(F)F)c(Cl)c2)NC(=O)CN(C)C(=O)[C@H](Cc2ccc(C)cc2)N(C)C(=O)[C@@H]2CCN2C(=O)[C@H](C)N(C)C1=O. The van der Waals surface area contributed by atoms with Gasteiger partial charge in [-0.3, -0.25) is 57.5 Å². The molecule has 0 aromatic heterocycles. The second-order valence-corrected chi connectivity index (χ2v) is 26.9. The highest BCUT2D eigenvalue weighted by molar-refractivity contribution is 6.31. The van der Waals surface area contributed by atoms with E-state index in [0.29, 0.717) is 24.8 Å². The van der Waals surface area contributed by atoms with Crippen LogP contribution in [-0.4, -0.2) is 252 Å². The maximum absolute atomic E-state index is 14.9. The zero-order valence-electron chi connectivity index (χ0n) is 57.8. The van der Waals surface area contributed by atoms with Gasteiger partial charge in [0.25, 0.3) is 0 Å². The predicted octanol–water partition coefficient (Wildman–Crippen LogP) is 3.76. The first-order chi connectivity index (χ1) is 44.4. The molecule has 2 aromatic rings. The van der Waals surface area contributed by atoms with Gasteiger partial charge in [-0.1, -0.05) is 102 Å². The number of fused-ring (bicyclic) bond motifs is 2. The lowest BCUT2D eigenvalue weighted by Gasteiger charge is -2.45. The van der Waals surface area contributed by atoms with Gasteiger partial charge < -0.3 is 60.0 Å². The van der Waals surface area contributed by atoms with Crippen molar-refractivity contribution in [2.75, 3.05) is 82.6 Å². The zero-order valence-corrected chi connectivity index (χ0v) is 58.6. The quantitative estimate of drug-likeness (QED) is 0.274. The van der Waals surface area contributed by atoms with Crippen LogP contribution in [0, 0.1) is 24.7 Å². The van der Waals surface area contributed by atoms with E-state index in [1.54, 1.807) is 32.9 Å². The number of benzene rings is 2. The van der Waals surface area contributed by atoms with E-state index in [0.717, 1.165) is 32.4 Å². The fourth-order valence-corrected chi connectivity index (χ4v) is 12.5. The molecule has 3 heterocycles. The number of carbonyl (C=O) groups is 12. The van der Waals surface area contributed by atoms with Gasteiger partial charge in [0.2, 0.25) is 70.9 Å². The van der Waals surface area contributed by atoms with E-state index in [1.165, 1.54) is 98.8 Å². The number of nitrogens with one attached hydrogen (secondary N) is 3. The largest absolute Gasteiger partial charge is 0.417 e. The second-order valence-electron chi connectivity index (χ2n) is 26.4. The van der Waals surface area contributed by atoms with Gasteiger partial charge in [-0.05, 0) is 93.4 Å². The second kappa shape index (κ2) is 33.7. The van der Waals surface area contributed by atoms with Gasteiger partial charge in [0, 0.05) is 75.9 Å². The standard InChI is InChI=1S/C67H98ClF3N12O12/c1-17-40(6)56-65(94)77(12)42(8)60(89)83-31-29-49(83)64(93)79(14)51(34-44-23-21-39(5)22-24-44)63(92)76(11)37-53(84)73-47(28-26-43-25-27-45(46(68)33-43)67(69,70)71)61(90)82-30-19-20-48(82)58(87)72-36-55(86)81(16)57(41(7)18-2)66(95)80(15)52(62(91)75(9)10)35-54(85)78(13)50(32-38(3)4)59(88)74-56/h21-25,27,33,38,40-42,47-52,56-57H,17-20,26,28-32,34-37H2,1-16H3,(H,72,87)(H,73,84)(H,74,88)/t40-,41-,42-,47-,48-,49-,50-,51-,52-,56-,57-/m0/s1. The first-order valence-corrected chi connectivity index (χ1v) is 32.9. The van der Waals surface area contributed by atoms with Gasteiger partial charge in [0.15, 0.2) is 0 Å². The molecule has 526 valence electrons. The van der Waals surface area contributed by atoms with Gasteiger partial charge in [0.05, 0.1) is 30.1 Å². The number of halogens is 4. The predicted molar refractivity (Wildman–Crippen MR) is 349 cm³/mol. The molecule has 95 heavy (non-hydrogen) atoms. The van der Waals surface area contributed by atoms with Crippen molar-refractivity contribution < 1.29 is 70.7 Å². The molecule has 3 aliphatic heterocycles. The molecule has 0 bridgehead atoms. The van der Waals surface area contributed by atoms with Gasteiger partial charge >= 0.3 is 6.18 Å². The highest BCUT2D eigenvalue weighted by atomic mass is 35.5. The molecular weight excluding hydrogens is 1260 g/mol. The van der Waals surface area contributed by atoms with Crippen LogP contribution in [0.3, 0.4) is 0 Å². The van der Waals surface area contributed by atoms with Gasteiger partial charge in [0.1, 0.15) is 54.4 Å². The van der Waals surface area contributed by atoms with E-state index in [1.807, 2.05) is 39.8 Å². The molecule has 11 atom stereocenters. The zero-order chi connectivity index (χ0) is 71.4. The third-order valence-corrected chi connectivity index (χ3v) is 19.3. The van der Waals surface area contributed by atoms with Crippen LogP contribution in [0.25, 0.3) is 0 Å². The normalized spacial score (nSPS) is 25.4. The Kier molecular flexibility index (Phi) is 27.6. The lowest BCUT2D eigenvalue weighted by Crippen LogP contribution is -2.65. The van der Waals surface area contributed by atoms with Gasteiger partial charge in [-0.15, -0.1) is 0 Å². The summed E-state index contributed by atoms with van der Waals surface area (Å²) in [5.41, 5.74) is 0.742. The van der Waals surface area contributed by atoms with E-state index in [4.69, 9.17) is 11.6 Å². The molecule has 12 amide bonds. The van der Waals surface area contributed by atoms with Crippen LogP contribution in [-0.2, 0) is 76.6 Å². The number of aryl methyl sites for hydroxylation is 2. The lowest BCUT2D eigenvalue weighted by molar-refractivity contribution is -0.160. The molecule has 3 saturated heterocycles. The summed E-state index contributed by atoms with van der Waals surface area (Å²) in [6, 6.07) is -1.09. The van der Waals surface area contributed by atoms with Crippen molar-refractivity contribution in [3.8, 4) is 0 Å². The van der Waals surface area contributed by atoms with Crippen LogP contribution in [0.2, 0.25) is 5.02 Å². The summed E-state index contributed by atoms with van der Waals surface area (Å²) in [7, 11) is 11.1. The third-order valence-electron chi connectivity index (χ3n) is 19.0. The summed E-state index contributed by atoms with van der Waals surface area (Å²) >= 11 is 6.09. The molecule has 3 N–H and O–H groups in total. The van der Waals surface area contributed by atoms with E-state index in [2.05, 4.69) is 16.0 Å². The summed E-state index contributed by atoms with van der Waals surface area (Å²) in [6.07, 6.45) is -4.33. The fourth-order valence-electron chi connectivity index (χ4n) is 12.2. The number of hydrogen-bond donors (Lipinski definition) is 3. The minimum atomic E-state index is -4.77. The van der Waals surface area contributed by atoms with Crippen molar-refractivity contribution >= 4 is 82.5 Å². The average Bonchev–Trinajstić information content (AvgIpc) is 1.22. The van der Waals surface area contributed by atoms with Crippen molar-refractivity contribution in [1.29, 1.82) is 0 Å². The van der Waals surface area contributed by atoms with Crippen molar-refractivity contribution in [3.63, 3.8) is 0 Å². The number of likely N-dealkylation sites (N-methyl/N-ethyl adjacent to an activating group) is 7. The van der Waals surface area contributed by atoms with E-state index >= 15 is 0 Å². The molecule has 3 aliphatic rings. The number of nitrogens with zero attached hydrogens (tertiary/aromatic N) is 9. The molecule has 0 aliphatic carbocycles. The minimum Gasteiger partial charge on any atom is -0.347 e. The Balaban J connectivity index is 1.59. The summed E-state index contributed by atoms with van der Waals surface area (Å²) in [6.45, 7) is 12.9. The summed E-state index contributed by atoms with van der Waals surface area (Å²) < 4.78 is 41.3. The average molecular weight is 1360 g/mol. The monoisotopic (exact) mass is 1350 g/mol. The van der Waals surface area contributed by atoms with E-state index < -0.39 is 173 Å². The van der Waals surface area contributed by atoms with Crippen molar-refractivity contribution in [2.45, 2.75) is 180 Å². The maximum atomic E-state index is 14.9. The van der Waals surface area contributed by atoms with Crippen LogP contribution in [0.4, 0.5) is 13.2 Å². The van der Waals surface area contributed by atoms with Crippen molar-refractivity contribution in [2.24, 2.45) is 17.8 Å². The number of amides is 12.